The molecule has 5 heteroatoms. The lowest BCUT2D eigenvalue weighted by molar-refractivity contribution is -0.115. The molecule has 0 saturated heterocycles. The van der Waals surface area contributed by atoms with E-state index < -0.39 is 0 Å². The normalized spacial score (nSPS) is 10.1. The van der Waals surface area contributed by atoms with Crippen LogP contribution in [-0.2, 0) is 4.79 Å². The van der Waals surface area contributed by atoms with E-state index in [2.05, 4.69) is 15.6 Å². The Hall–Kier alpha value is -3.47. The number of hydrogen-bond acceptors (Lipinski definition) is 3. The topological polar surface area (TPSA) is 71.1 Å². The Labute approximate surface area is 145 Å². The quantitative estimate of drug-likeness (QED) is 0.754. The highest BCUT2D eigenvalue weighted by Gasteiger charge is 2.08. The van der Waals surface area contributed by atoms with E-state index in [1.54, 1.807) is 36.7 Å². The molecule has 2 aromatic carbocycles. The number of aromatic nitrogens is 1. The van der Waals surface area contributed by atoms with E-state index in [1.807, 2.05) is 42.5 Å². The minimum absolute atomic E-state index is 0.103. The first-order chi connectivity index (χ1) is 12.2. The minimum Gasteiger partial charge on any atom is -0.343 e. The largest absolute Gasteiger partial charge is 0.343 e. The standard InChI is InChI=1S/C20H17N3O2/c24-19(23-18-7-4-12-21-13-18)14-22-20(25)17-10-8-16(9-11-17)15-5-2-1-3-6-15/h1-13H,14H2,(H,22,25)(H,23,24). The summed E-state index contributed by atoms with van der Waals surface area (Å²) in [6.45, 7) is -0.103. The van der Waals surface area contributed by atoms with Crippen LogP contribution in [0.2, 0.25) is 0 Å². The van der Waals surface area contributed by atoms with Gasteiger partial charge in [0.05, 0.1) is 18.4 Å². The summed E-state index contributed by atoms with van der Waals surface area (Å²) >= 11 is 0. The molecule has 0 unspecified atom stereocenters. The van der Waals surface area contributed by atoms with E-state index >= 15 is 0 Å². The molecule has 1 heterocycles. The minimum atomic E-state index is -0.303. The van der Waals surface area contributed by atoms with Gasteiger partial charge < -0.3 is 10.6 Å². The van der Waals surface area contributed by atoms with Gasteiger partial charge in [0.25, 0.3) is 5.91 Å². The third-order valence-electron chi connectivity index (χ3n) is 3.61. The monoisotopic (exact) mass is 331 g/mol. The van der Waals surface area contributed by atoms with Gasteiger partial charge in [0.1, 0.15) is 0 Å². The maximum Gasteiger partial charge on any atom is 0.251 e. The van der Waals surface area contributed by atoms with Crippen LogP contribution in [0.5, 0.6) is 0 Å². The molecule has 0 aliphatic rings. The molecule has 3 aromatic rings. The van der Waals surface area contributed by atoms with Crippen LogP contribution in [0.15, 0.2) is 79.1 Å². The average Bonchev–Trinajstić information content (AvgIpc) is 2.68. The molecule has 2 amide bonds. The van der Waals surface area contributed by atoms with E-state index in [9.17, 15) is 9.59 Å². The van der Waals surface area contributed by atoms with E-state index in [-0.39, 0.29) is 18.4 Å². The molecule has 0 saturated carbocycles. The second-order valence-electron chi connectivity index (χ2n) is 5.42. The summed E-state index contributed by atoms with van der Waals surface area (Å²) in [7, 11) is 0. The molecule has 0 atom stereocenters. The van der Waals surface area contributed by atoms with Gasteiger partial charge in [0, 0.05) is 11.8 Å². The summed E-state index contributed by atoms with van der Waals surface area (Å²) in [4.78, 5) is 27.9. The zero-order chi connectivity index (χ0) is 17.5. The molecule has 3 rings (SSSR count). The van der Waals surface area contributed by atoms with Crippen molar-refractivity contribution in [1.82, 2.24) is 10.3 Å². The number of carbonyl (C=O) groups is 2. The maximum atomic E-state index is 12.1. The van der Waals surface area contributed by atoms with Gasteiger partial charge >= 0.3 is 0 Å². The van der Waals surface area contributed by atoms with Crippen molar-refractivity contribution in [3.63, 3.8) is 0 Å². The molecule has 0 aliphatic carbocycles. The smallest absolute Gasteiger partial charge is 0.251 e. The summed E-state index contributed by atoms with van der Waals surface area (Å²) < 4.78 is 0. The number of nitrogens with zero attached hydrogens (tertiary/aromatic N) is 1. The summed E-state index contributed by atoms with van der Waals surface area (Å²) in [5, 5.41) is 5.27. The summed E-state index contributed by atoms with van der Waals surface area (Å²) in [5.74, 6) is -0.594. The van der Waals surface area contributed by atoms with Crippen molar-refractivity contribution in [3.05, 3.63) is 84.7 Å². The van der Waals surface area contributed by atoms with Crippen molar-refractivity contribution < 1.29 is 9.59 Å². The highest BCUT2D eigenvalue weighted by atomic mass is 16.2. The number of rotatable bonds is 5. The molecule has 0 fully saturated rings. The van der Waals surface area contributed by atoms with E-state index in [0.29, 0.717) is 11.3 Å². The fourth-order valence-corrected chi connectivity index (χ4v) is 2.35. The number of amides is 2. The zero-order valence-electron chi connectivity index (χ0n) is 13.5. The fourth-order valence-electron chi connectivity index (χ4n) is 2.35. The van der Waals surface area contributed by atoms with E-state index in [4.69, 9.17) is 0 Å². The van der Waals surface area contributed by atoms with Gasteiger partial charge in [-0.15, -0.1) is 0 Å². The molecule has 0 spiro atoms. The van der Waals surface area contributed by atoms with Crippen molar-refractivity contribution in [2.24, 2.45) is 0 Å². The Kier molecular flexibility index (Phi) is 5.16. The molecule has 1 aromatic heterocycles. The second kappa shape index (κ2) is 7.88. The van der Waals surface area contributed by atoms with Crippen LogP contribution >= 0.6 is 0 Å². The van der Waals surface area contributed by atoms with Crippen molar-refractivity contribution in [1.29, 1.82) is 0 Å². The maximum absolute atomic E-state index is 12.1. The number of carbonyl (C=O) groups excluding carboxylic acids is 2. The average molecular weight is 331 g/mol. The first-order valence-corrected chi connectivity index (χ1v) is 7.86. The zero-order valence-corrected chi connectivity index (χ0v) is 13.5. The van der Waals surface area contributed by atoms with Crippen LogP contribution in [0, 0.1) is 0 Å². The van der Waals surface area contributed by atoms with E-state index in [1.165, 1.54) is 0 Å². The van der Waals surface area contributed by atoms with Crippen LogP contribution < -0.4 is 10.6 Å². The predicted octanol–water partition coefficient (Wildman–Crippen LogP) is 3.12. The highest BCUT2D eigenvalue weighted by molar-refractivity contribution is 5.99. The molecule has 0 bridgehead atoms. The van der Waals surface area contributed by atoms with Crippen LogP contribution in [-0.4, -0.2) is 23.3 Å². The van der Waals surface area contributed by atoms with Crippen LogP contribution in [0.1, 0.15) is 10.4 Å². The van der Waals surface area contributed by atoms with Crippen molar-refractivity contribution >= 4 is 17.5 Å². The number of pyridine rings is 1. The Bertz CT molecular complexity index is 847. The van der Waals surface area contributed by atoms with Gasteiger partial charge in [-0.1, -0.05) is 42.5 Å². The van der Waals surface area contributed by atoms with Gasteiger partial charge in [-0.25, -0.2) is 0 Å². The SMILES string of the molecule is O=C(CNC(=O)c1ccc(-c2ccccc2)cc1)Nc1cccnc1. The third kappa shape index (κ3) is 4.51. The molecule has 25 heavy (non-hydrogen) atoms. The second-order valence-corrected chi connectivity index (χ2v) is 5.42. The first kappa shape index (κ1) is 16.4. The van der Waals surface area contributed by atoms with Gasteiger partial charge in [-0.3, -0.25) is 14.6 Å². The molecule has 0 radical (unpaired) electrons. The summed E-state index contributed by atoms with van der Waals surface area (Å²) in [6.07, 6.45) is 3.17. The molecular weight excluding hydrogens is 314 g/mol. The fraction of sp³-hybridized carbons (Fsp3) is 0.0500. The molecule has 0 aliphatic heterocycles. The Balaban J connectivity index is 1.55. The molecule has 2 N–H and O–H groups in total. The lowest BCUT2D eigenvalue weighted by Crippen LogP contribution is -2.32. The van der Waals surface area contributed by atoms with Crippen molar-refractivity contribution in [3.8, 4) is 11.1 Å². The highest BCUT2D eigenvalue weighted by Crippen LogP contribution is 2.19. The van der Waals surface area contributed by atoms with Gasteiger partial charge in [-0.05, 0) is 35.4 Å². The van der Waals surface area contributed by atoms with Crippen molar-refractivity contribution in [2.45, 2.75) is 0 Å². The summed E-state index contributed by atoms with van der Waals surface area (Å²) in [6, 6.07) is 20.6. The van der Waals surface area contributed by atoms with Gasteiger partial charge in [0.2, 0.25) is 5.91 Å². The van der Waals surface area contributed by atoms with Gasteiger partial charge in [-0.2, -0.15) is 0 Å². The lowest BCUT2D eigenvalue weighted by atomic mass is 10.0. The number of benzene rings is 2. The molecule has 124 valence electrons. The molecule has 5 nitrogen and oxygen atoms in total. The lowest BCUT2D eigenvalue weighted by Gasteiger charge is -2.07. The number of hydrogen-bond donors (Lipinski definition) is 2. The summed E-state index contributed by atoms with van der Waals surface area (Å²) in [5.41, 5.74) is 3.22. The van der Waals surface area contributed by atoms with Gasteiger partial charge in [0.15, 0.2) is 0 Å². The van der Waals surface area contributed by atoms with E-state index in [0.717, 1.165) is 11.1 Å². The first-order valence-electron chi connectivity index (χ1n) is 7.86. The van der Waals surface area contributed by atoms with Crippen molar-refractivity contribution in [2.75, 3.05) is 11.9 Å². The van der Waals surface area contributed by atoms with Crippen LogP contribution in [0.25, 0.3) is 11.1 Å². The molecular formula is C20H17N3O2. The number of nitrogens with one attached hydrogen (secondary N) is 2. The third-order valence-corrected chi connectivity index (χ3v) is 3.61. The Morgan fingerprint density at radius 2 is 1.56 bits per heavy atom. The number of anilines is 1. The Morgan fingerprint density at radius 1 is 0.840 bits per heavy atom. The Morgan fingerprint density at radius 3 is 2.24 bits per heavy atom. The van der Waals surface area contributed by atoms with Crippen LogP contribution in [0.3, 0.4) is 0 Å². The predicted molar refractivity (Wildman–Crippen MR) is 97.1 cm³/mol. The van der Waals surface area contributed by atoms with Crippen LogP contribution in [0.4, 0.5) is 5.69 Å².